The summed E-state index contributed by atoms with van der Waals surface area (Å²) in [5.74, 6) is 1.19. The lowest BCUT2D eigenvalue weighted by Crippen LogP contribution is -2.74. The van der Waals surface area contributed by atoms with Crippen LogP contribution >= 0.6 is 11.6 Å². The number of ether oxygens (including phenoxy) is 1. The molecule has 31 heavy (non-hydrogen) atoms. The van der Waals surface area contributed by atoms with Crippen LogP contribution in [0, 0.1) is 0 Å². The molecule has 3 aromatic rings. The lowest BCUT2D eigenvalue weighted by Gasteiger charge is -2.59. The molecule has 2 aliphatic heterocycles. The van der Waals surface area contributed by atoms with E-state index >= 15 is 0 Å². The highest BCUT2D eigenvalue weighted by Gasteiger charge is 2.53. The molecule has 2 bridgehead atoms. The minimum atomic E-state index is -0.0912. The molecule has 2 saturated heterocycles. The average molecular weight is 434 g/mol. The summed E-state index contributed by atoms with van der Waals surface area (Å²) < 4.78 is 5.50. The zero-order valence-electron chi connectivity index (χ0n) is 17.2. The van der Waals surface area contributed by atoms with E-state index in [1.807, 2.05) is 41.3 Å². The van der Waals surface area contributed by atoms with Crippen molar-refractivity contribution in [3.05, 3.63) is 83.4 Å². The number of rotatable bonds is 4. The number of nitrogens with one attached hydrogen (secondary N) is 2. The molecule has 0 saturated carbocycles. The van der Waals surface area contributed by atoms with Crippen molar-refractivity contribution in [1.29, 1.82) is 0 Å². The van der Waals surface area contributed by atoms with Gasteiger partial charge < -0.3 is 20.3 Å². The molecule has 158 valence electrons. The number of carbonyl (C=O) groups is 1. The summed E-state index contributed by atoms with van der Waals surface area (Å²) in [6.45, 7) is 1.57. The summed E-state index contributed by atoms with van der Waals surface area (Å²) in [5, 5.41) is 6.95. The van der Waals surface area contributed by atoms with Crippen molar-refractivity contribution in [2.75, 3.05) is 25.5 Å². The number of carbonyl (C=O) groups excluding carboxylic acids is 1. The fraction of sp³-hybridized carbons (Fsp3) is 0.240. The van der Waals surface area contributed by atoms with Gasteiger partial charge in [0.2, 0.25) is 0 Å². The summed E-state index contributed by atoms with van der Waals surface area (Å²) >= 11 is 6.21. The average Bonchev–Trinajstić information content (AvgIpc) is 2.81. The number of piperidine rings is 1. The standard InChI is InChI=1S/C25H24ClN3O2/c1-31-23-9-5-2-6-18(23)16-10-12-17(13-11-16)24-21-14-27-15-22(24)29(21)25(30)28-20-8-4-3-7-19(20)26/h2-13,21-22,24,27H,14-15H2,1H3,(H,28,30)/t21-,22+,24?. The molecule has 2 fully saturated rings. The third kappa shape index (κ3) is 3.54. The normalized spacial score (nSPS) is 21.9. The highest BCUT2D eigenvalue weighted by atomic mass is 35.5. The van der Waals surface area contributed by atoms with E-state index in [4.69, 9.17) is 16.3 Å². The number of hydrogen-bond acceptors (Lipinski definition) is 3. The van der Waals surface area contributed by atoms with E-state index in [0.717, 1.165) is 30.0 Å². The van der Waals surface area contributed by atoms with E-state index in [1.165, 1.54) is 5.56 Å². The predicted molar refractivity (Wildman–Crippen MR) is 124 cm³/mol. The first-order valence-corrected chi connectivity index (χ1v) is 10.8. The van der Waals surface area contributed by atoms with Crippen molar-refractivity contribution in [3.8, 4) is 16.9 Å². The first kappa shape index (κ1) is 19.9. The van der Waals surface area contributed by atoms with Crippen molar-refractivity contribution in [3.63, 3.8) is 0 Å². The van der Waals surface area contributed by atoms with E-state index in [9.17, 15) is 4.79 Å². The van der Waals surface area contributed by atoms with Crippen LogP contribution in [0.25, 0.3) is 11.1 Å². The first-order chi connectivity index (χ1) is 15.2. The SMILES string of the molecule is COc1ccccc1-c1ccc(C2[C@H]3CNC[C@@H]2N3C(=O)Nc2ccccc2Cl)cc1. The Bertz CT molecular complexity index is 1090. The van der Waals surface area contributed by atoms with Crippen LogP contribution < -0.4 is 15.4 Å². The molecule has 3 aromatic carbocycles. The number of methoxy groups -OCH3 is 1. The number of amides is 2. The Balaban J connectivity index is 1.34. The van der Waals surface area contributed by atoms with E-state index in [2.05, 4.69) is 41.0 Å². The Labute approximate surface area is 187 Å². The number of para-hydroxylation sites is 2. The van der Waals surface area contributed by atoms with Gasteiger partial charge in [-0.1, -0.05) is 66.2 Å². The zero-order valence-corrected chi connectivity index (χ0v) is 18.0. The van der Waals surface area contributed by atoms with Crippen LogP contribution in [0.5, 0.6) is 5.75 Å². The van der Waals surface area contributed by atoms with Gasteiger partial charge in [0, 0.05) is 24.6 Å². The molecule has 0 aliphatic carbocycles. The summed E-state index contributed by atoms with van der Waals surface area (Å²) in [7, 11) is 1.69. The lowest BCUT2D eigenvalue weighted by molar-refractivity contribution is 0.00202. The van der Waals surface area contributed by atoms with Gasteiger partial charge in [-0.3, -0.25) is 0 Å². The third-order valence-electron chi connectivity index (χ3n) is 6.31. The molecule has 0 aromatic heterocycles. The van der Waals surface area contributed by atoms with Crippen LogP contribution in [0.2, 0.25) is 5.02 Å². The zero-order chi connectivity index (χ0) is 21.4. The molecular formula is C25H24ClN3O2. The molecule has 2 amide bonds. The first-order valence-electron chi connectivity index (χ1n) is 10.5. The van der Waals surface area contributed by atoms with Crippen molar-refractivity contribution in [2.24, 2.45) is 0 Å². The second-order valence-electron chi connectivity index (χ2n) is 7.96. The second-order valence-corrected chi connectivity index (χ2v) is 8.37. The molecule has 6 heteroatoms. The monoisotopic (exact) mass is 433 g/mol. The Kier molecular flexibility index (Phi) is 5.30. The van der Waals surface area contributed by atoms with Gasteiger partial charge in [-0.05, 0) is 29.3 Å². The number of fused-ring (bicyclic) bond motifs is 2. The van der Waals surface area contributed by atoms with Gasteiger partial charge in [-0.25, -0.2) is 4.79 Å². The molecule has 0 radical (unpaired) electrons. The minimum Gasteiger partial charge on any atom is -0.496 e. The molecule has 0 spiro atoms. The van der Waals surface area contributed by atoms with Gasteiger partial charge in [0.25, 0.3) is 0 Å². The highest BCUT2D eigenvalue weighted by Crippen LogP contribution is 2.43. The number of benzene rings is 3. The molecule has 1 unspecified atom stereocenters. The fourth-order valence-corrected chi connectivity index (χ4v) is 5.02. The van der Waals surface area contributed by atoms with Crippen LogP contribution in [0.4, 0.5) is 10.5 Å². The minimum absolute atomic E-state index is 0.0912. The molecular weight excluding hydrogens is 410 g/mol. The largest absolute Gasteiger partial charge is 0.496 e. The Hall–Kier alpha value is -3.02. The fourth-order valence-electron chi connectivity index (χ4n) is 4.83. The van der Waals surface area contributed by atoms with Gasteiger partial charge in [-0.2, -0.15) is 0 Å². The van der Waals surface area contributed by atoms with Gasteiger partial charge >= 0.3 is 6.03 Å². The second kappa shape index (κ2) is 8.25. The number of urea groups is 1. The maximum absolute atomic E-state index is 13.0. The third-order valence-corrected chi connectivity index (χ3v) is 6.64. The Morgan fingerprint density at radius 2 is 1.68 bits per heavy atom. The predicted octanol–water partition coefficient (Wildman–Crippen LogP) is 4.99. The quantitative estimate of drug-likeness (QED) is 0.609. The number of likely N-dealkylation sites (tertiary alicyclic amines) is 1. The summed E-state index contributed by atoms with van der Waals surface area (Å²) in [6.07, 6.45) is 0. The highest BCUT2D eigenvalue weighted by molar-refractivity contribution is 6.33. The summed E-state index contributed by atoms with van der Waals surface area (Å²) in [4.78, 5) is 14.9. The number of nitrogens with zero attached hydrogens (tertiary/aromatic N) is 1. The summed E-state index contributed by atoms with van der Waals surface area (Å²) in [5.41, 5.74) is 4.10. The van der Waals surface area contributed by atoms with E-state index in [-0.39, 0.29) is 18.1 Å². The molecule has 2 N–H and O–H groups in total. The van der Waals surface area contributed by atoms with Crippen LogP contribution in [0.15, 0.2) is 72.8 Å². The number of piperazine rings is 1. The molecule has 3 atom stereocenters. The van der Waals surface area contributed by atoms with Crippen molar-refractivity contribution in [1.82, 2.24) is 10.2 Å². The summed E-state index contributed by atoms with van der Waals surface area (Å²) in [6, 6.07) is 24.2. The number of halogens is 1. The Morgan fingerprint density at radius 3 is 2.39 bits per heavy atom. The van der Waals surface area contributed by atoms with Gasteiger partial charge in [0.05, 0.1) is 29.9 Å². The van der Waals surface area contributed by atoms with Crippen LogP contribution in [-0.2, 0) is 0 Å². The lowest BCUT2D eigenvalue weighted by atomic mass is 9.72. The van der Waals surface area contributed by atoms with E-state index < -0.39 is 0 Å². The number of anilines is 1. The van der Waals surface area contributed by atoms with Crippen molar-refractivity contribution >= 4 is 23.3 Å². The van der Waals surface area contributed by atoms with Gasteiger partial charge in [-0.15, -0.1) is 0 Å². The smallest absolute Gasteiger partial charge is 0.322 e. The molecule has 2 heterocycles. The maximum atomic E-state index is 13.0. The molecule has 5 nitrogen and oxygen atoms in total. The Morgan fingerprint density at radius 1 is 1.00 bits per heavy atom. The molecule has 2 aliphatic rings. The molecule has 5 rings (SSSR count). The van der Waals surface area contributed by atoms with Crippen LogP contribution in [0.3, 0.4) is 0 Å². The van der Waals surface area contributed by atoms with Crippen molar-refractivity contribution < 1.29 is 9.53 Å². The van der Waals surface area contributed by atoms with Crippen LogP contribution in [0.1, 0.15) is 11.5 Å². The van der Waals surface area contributed by atoms with Crippen molar-refractivity contribution in [2.45, 2.75) is 18.0 Å². The van der Waals surface area contributed by atoms with E-state index in [1.54, 1.807) is 13.2 Å². The van der Waals surface area contributed by atoms with Crippen LogP contribution in [-0.4, -0.2) is 43.2 Å². The van der Waals surface area contributed by atoms with Gasteiger partial charge in [0.15, 0.2) is 0 Å². The van der Waals surface area contributed by atoms with Gasteiger partial charge in [0.1, 0.15) is 5.75 Å². The maximum Gasteiger partial charge on any atom is 0.322 e. The number of hydrogen-bond donors (Lipinski definition) is 2. The van der Waals surface area contributed by atoms with E-state index in [0.29, 0.717) is 16.6 Å². The topological polar surface area (TPSA) is 53.6 Å².